The number of nitrogens with zero attached hydrogens (tertiary/aromatic N) is 2. The van der Waals surface area contributed by atoms with E-state index in [9.17, 15) is 4.79 Å². The van der Waals surface area contributed by atoms with E-state index in [2.05, 4.69) is 21.1 Å². The van der Waals surface area contributed by atoms with Crippen LogP contribution in [0.15, 0.2) is 6.20 Å². The fraction of sp³-hybridized carbons (Fsp3) is 0.667. The van der Waals surface area contributed by atoms with Crippen LogP contribution in [0, 0.1) is 0 Å². The fourth-order valence-electron chi connectivity index (χ4n) is 1.87. The summed E-state index contributed by atoms with van der Waals surface area (Å²) in [5, 5.41) is 3.22. The molecular formula is C12H19N3O2S. The number of rotatable bonds is 6. The van der Waals surface area contributed by atoms with Crippen LogP contribution >= 0.6 is 11.8 Å². The fourth-order valence-corrected chi connectivity index (χ4v) is 2.76. The molecule has 18 heavy (non-hydrogen) atoms. The number of carbonyl (C=O) groups excluding carboxylic acids is 1. The van der Waals surface area contributed by atoms with Gasteiger partial charge in [-0.05, 0) is 6.92 Å². The number of carbonyl (C=O) groups is 1. The lowest BCUT2D eigenvalue weighted by atomic mass is 10.4. The molecule has 2 heterocycles. The molecule has 0 fully saturated rings. The first kappa shape index (κ1) is 13.4. The molecule has 0 atom stereocenters. The lowest BCUT2D eigenvalue weighted by Crippen LogP contribution is -2.19. The van der Waals surface area contributed by atoms with Crippen LogP contribution in [-0.2, 0) is 28.4 Å². The Balaban J connectivity index is 1.70. The van der Waals surface area contributed by atoms with Crippen molar-refractivity contribution in [2.75, 3.05) is 18.9 Å². The van der Waals surface area contributed by atoms with Crippen molar-refractivity contribution in [2.45, 2.75) is 32.2 Å². The maximum atomic E-state index is 11.1. The van der Waals surface area contributed by atoms with Crippen molar-refractivity contribution in [2.24, 2.45) is 0 Å². The standard InChI is InChI=1S/C12H19N3O2S/c1-2-17-12(16)3-4-13-7-10-8-15-5-6-18-9-11(15)14-10/h8,13H,2-7,9H2,1H3. The SMILES string of the molecule is CCOC(=O)CCNCc1cn2c(n1)CSCC2. The third kappa shape index (κ3) is 3.74. The Kier molecular flexibility index (Phi) is 5.07. The van der Waals surface area contributed by atoms with Gasteiger partial charge in [0.05, 0.1) is 24.5 Å². The van der Waals surface area contributed by atoms with Gasteiger partial charge in [-0.3, -0.25) is 4.79 Å². The zero-order chi connectivity index (χ0) is 12.8. The van der Waals surface area contributed by atoms with Crippen LogP contribution in [0.3, 0.4) is 0 Å². The van der Waals surface area contributed by atoms with Gasteiger partial charge >= 0.3 is 5.97 Å². The second-order valence-corrected chi connectivity index (χ2v) is 5.23. The molecule has 0 amide bonds. The van der Waals surface area contributed by atoms with E-state index < -0.39 is 0 Å². The Morgan fingerprint density at radius 1 is 1.67 bits per heavy atom. The lowest BCUT2D eigenvalue weighted by molar-refractivity contribution is -0.142. The average molecular weight is 269 g/mol. The van der Waals surface area contributed by atoms with E-state index in [0.29, 0.717) is 26.1 Å². The Bertz CT molecular complexity index is 383. The summed E-state index contributed by atoms with van der Waals surface area (Å²) in [6, 6.07) is 0. The molecule has 5 nitrogen and oxygen atoms in total. The van der Waals surface area contributed by atoms with E-state index in [4.69, 9.17) is 4.74 Å². The number of esters is 1. The first-order chi connectivity index (χ1) is 8.79. The summed E-state index contributed by atoms with van der Waals surface area (Å²) < 4.78 is 7.08. The predicted octanol–water partition coefficient (Wildman–Crippen LogP) is 1.17. The van der Waals surface area contributed by atoms with Crippen LogP contribution in [0.2, 0.25) is 0 Å². The molecule has 0 bridgehead atoms. The van der Waals surface area contributed by atoms with Crippen LogP contribution in [0.25, 0.3) is 0 Å². The first-order valence-corrected chi connectivity index (χ1v) is 7.44. The Hall–Kier alpha value is -1.01. The maximum Gasteiger partial charge on any atom is 0.307 e. The van der Waals surface area contributed by atoms with Crippen LogP contribution in [0.1, 0.15) is 24.9 Å². The van der Waals surface area contributed by atoms with E-state index in [-0.39, 0.29) is 5.97 Å². The molecule has 0 unspecified atom stereocenters. The van der Waals surface area contributed by atoms with E-state index in [0.717, 1.165) is 23.8 Å². The average Bonchev–Trinajstić information content (AvgIpc) is 2.77. The van der Waals surface area contributed by atoms with Gasteiger partial charge in [0, 0.05) is 31.6 Å². The van der Waals surface area contributed by atoms with Crippen molar-refractivity contribution in [1.82, 2.24) is 14.9 Å². The van der Waals surface area contributed by atoms with E-state index in [1.165, 1.54) is 5.75 Å². The van der Waals surface area contributed by atoms with Gasteiger partial charge in [-0.25, -0.2) is 4.98 Å². The molecule has 0 aliphatic carbocycles. The summed E-state index contributed by atoms with van der Waals surface area (Å²) in [4.78, 5) is 15.7. The largest absolute Gasteiger partial charge is 0.466 e. The third-order valence-electron chi connectivity index (χ3n) is 2.73. The van der Waals surface area contributed by atoms with Gasteiger partial charge in [0.2, 0.25) is 0 Å². The van der Waals surface area contributed by atoms with Crippen LogP contribution in [-0.4, -0.2) is 34.4 Å². The van der Waals surface area contributed by atoms with Crippen molar-refractivity contribution in [3.8, 4) is 0 Å². The second kappa shape index (κ2) is 6.80. The van der Waals surface area contributed by atoms with Gasteiger partial charge in [0.25, 0.3) is 0 Å². The van der Waals surface area contributed by atoms with Crippen molar-refractivity contribution in [1.29, 1.82) is 0 Å². The number of nitrogens with one attached hydrogen (secondary N) is 1. The van der Waals surface area contributed by atoms with Crippen LogP contribution in [0.4, 0.5) is 0 Å². The summed E-state index contributed by atoms with van der Waals surface area (Å²) in [5.41, 5.74) is 1.05. The van der Waals surface area contributed by atoms with E-state index >= 15 is 0 Å². The molecular weight excluding hydrogens is 250 g/mol. The summed E-state index contributed by atoms with van der Waals surface area (Å²) in [5.74, 6) is 3.18. The van der Waals surface area contributed by atoms with Crippen molar-refractivity contribution in [3.63, 3.8) is 0 Å². The Morgan fingerprint density at radius 3 is 3.33 bits per heavy atom. The smallest absolute Gasteiger partial charge is 0.307 e. The lowest BCUT2D eigenvalue weighted by Gasteiger charge is -2.11. The van der Waals surface area contributed by atoms with Gasteiger partial charge in [0.1, 0.15) is 5.82 Å². The minimum Gasteiger partial charge on any atom is -0.466 e. The van der Waals surface area contributed by atoms with Crippen molar-refractivity contribution < 1.29 is 9.53 Å². The third-order valence-corrected chi connectivity index (χ3v) is 3.67. The van der Waals surface area contributed by atoms with Crippen molar-refractivity contribution >= 4 is 17.7 Å². The highest BCUT2D eigenvalue weighted by atomic mass is 32.2. The number of hydrogen-bond acceptors (Lipinski definition) is 5. The summed E-state index contributed by atoms with van der Waals surface area (Å²) in [6.07, 6.45) is 2.52. The zero-order valence-corrected chi connectivity index (χ0v) is 11.5. The van der Waals surface area contributed by atoms with Gasteiger partial charge in [-0.1, -0.05) is 0 Å². The van der Waals surface area contributed by atoms with Gasteiger partial charge in [-0.15, -0.1) is 0 Å². The normalized spacial score (nSPS) is 14.3. The topological polar surface area (TPSA) is 56.1 Å². The molecule has 0 radical (unpaired) electrons. The number of fused-ring (bicyclic) bond motifs is 1. The number of aryl methyl sites for hydroxylation is 1. The predicted molar refractivity (Wildman–Crippen MR) is 71.3 cm³/mol. The molecule has 1 aliphatic rings. The molecule has 1 N–H and O–H groups in total. The molecule has 6 heteroatoms. The number of hydrogen-bond donors (Lipinski definition) is 1. The second-order valence-electron chi connectivity index (χ2n) is 4.13. The summed E-state index contributed by atoms with van der Waals surface area (Å²) in [7, 11) is 0. The summed E-state index contributed by atoms with van der Waals surface area (Å²) >= 11 is 1.92. The van der Waals surface area contributed by atoms with Gasteiger partial charge in [-0.2, -0.15) is 11.8 Å². The van der Waals surface area contributed by atoms with Crippen molar-refractivity contribution in [3.05, 3.63) is 17.7 Å². The highest BCUT2D eigenvalue weighted by Crippen LogP contribution is 2.18. The maximum absolute atomic E-state index is 11.1. The first-order valence-electron chi connectivity index (χ1n) is 6.28. The molecule has 0 saturated heterocycles. The molecule has 1 aromatic heterocycles. The number of thioether (sulfide) groups is 1. The number of imidazole rings is 1. The molecule has 0 saturated carbocycles. The zero-order valence-electron chi connectivity index (χ0n) is 10.6. The molecule has 0 aromatic carbocycles. The quantitative estimate of drug-likeness (QED) is 0.620. The Labute approximate surface area is 111 Å². The molecule has 1 aromatic rings. The minimum atomic E-state index is -0.148. The monoisotopic (exact) mass is 269 g/mol. The molecule has 0 spiro atoms. The highest BCUT2D eigenvalue weighted by molar-refractivity contribution is 7.98. The van der Waals surface area contributed by atoms with Gasteiger partial charge < -0.3 is 14.6 Å². The molecule has 2 rings (SSSR count). The number of aromatic nitrogens is 2. The van der Waals surface area contributed by atoms with E-state index in [1.54, 1.807) is 0 Å². The number of ether oxygens (including phenoxy) is 1. The Morgan fingerprint density at radius 2 is 2.56 bits per heavy atom. The van der Waals surface area contributed by atoms with Crippen LogP contribution < -0.4 is 5.32 Å². The highest BCUT2D eigenvalue weighted by Gasteiger charge is 2.12. The van der Waals surface area contributed by atoms with E-state index in [1.807, 2.05) is 18.7 Å². The van der Waals surface area contributed by atoms with Crippen LogP contribution in [0.5, 0.6) is 0 Å². The van der Waals surface area contributed by atoms with Gasteiger partial charge in [0.15, 0.2) is 0 Å². The molecule has 1 aliphatic heterocycles. The molecule has 100 valence electrons. The minimum absolute atomic E-state index is 0.148. The summed E-state index contributed by atoms with van der Waals surface area (Å²) in [6.45, 7) is 4.67.